The van der Waals surface area contributed by atoms with Crippen LogP contribution in [0.15, 0.2) is 48.8 Å². The Morgan fingerprint density at radius 2 is 1.69 bits per heavy atom. The molecule has 3 heterocycles. The van der Waals surface area contributed by atoms with Crippen molar-refractivity contribution in [3.05, 3.63) is 54.4 Å². The molecule has 1 saturated heterocycles. The summed E-state index contributed by atoms with van der Waals surface area (Å²) in [5.41, 5.74) is 3.43. The quantitative estimate of drug-likeness (QED) is 0.319. The zero-order valence-corrected chi connectivity index (χ0v) is 20.7. The van der Waals surface area contributed by atoms with Crippen LogP contribution in [0.25, 0.3) is 11.2 Å². The van der Waals surface area contributed by atoms with Crippen molar-refractivity contribution in [1.82, 2.24) is 24.8 Å². The Kier molecular flexibility index (Phi) is 7.03. The van der Waals surface area contributed by atoms with Gasteiger partial charge >= 0.3 is 0 Å². The first-order chi connectivity index (χ1) is 17.7. The van der Waals surface area contributed by atoms with Crippen molar-refractivity contribution >= 4 is 28.6 Å². The van der Waals surface area contributed by atoms with Gasteiger partial charge in [-0.1, -0.05) is 30.3 Å². The molecule has 0 saturated carbocycles. The van der Waals surface area contributed by atoms with Crippen LogP contribution in [0.3, 0.4) is 0 Å². The molecule has 0 amide bonds. The zero-order valence-electron chi connectivity index (χ0n) is 20.7. The number of piperidine rings is 1. The van der Waals surface area contributed by atoms with Gasteiger partial charge in [-0.3, -0.25) is 4.90 Å². The summed E-state index contributed by atoms with van der Waals surface area (Å²) in [6.07, 6.45) is 3.69. The van der Waals surface area contributed by atoms with Crippen LogP contribution < -0.4 is 24.8 Å². The van der Waals surface area contributed by atoms with Crippen molar-refractivity contribution in [3.8, 4) is 17.2 Å². The lowest BCUT2D eigenvalue weighted by Gasteiger charge is -2.32. The van der Waals surface area contributed by atoms with Crippen molar-refractivity contribution < 1.29 is 14.2 Å². The number of fused-ring (bicyclic) bond motifs is 1. The van der Waals surface area contributed by atoms with Gasteiger partial charge in [0.15, 0.2) is 23.0 Å². The minimum atomic E-state index is 0.312. The molecule has 0 spiro atoms. The summed E-state index contributed by atoms with van der Waals surface area (Å²) < 4.78 is 16.4. The summed E-state index contributed by atoms with van der Waals surface area (Å²) in [5, 5.41) is 6.88. The van der Waals surface area contributed by atoms with Gasteiger partial charge in [-0.05, 0) is 18.4 Å². The van der Waals surface area contributed by atoms with Crippen molar-refractivity contribution in [2.45, 2.75) is 25.4 Å². The summed E-state index contributed by atoms with van der Waals surface area (Å²) in [4.78, 5) is 19.4. The van der Waals surface area contributed by atoms with Crippen LogP contribution in [0.1, 0.15) is 18.4 Å². The second-order valence-corrected chi connectivity index (χ2v) is 8.72. The SMILES string of the molecule is COc1cc(Nc2nc(NC3CCN(Cc4ccccc4)CC3)c3[nH]cnc3n2)cc(OC)c1OC. The molecule has 0 radical (unpaired) electrons. The van der Waals surface area contributed by atoms with Gasteiger partial charge in [-0.2, -0.15) is 9.97 Å². The third-order valence-electron chi connectivity index (χ3n) is 6.38. The van der Waals surface area contributed by atoms with Gasteiger partial charge in [0.2, 0.25) is 11.7 Å². The molecular weight excluding hydrogens is 458 g/mol. The van der Waals surface area contributed by atoms with Crippen LogP contribution in [-0.4, -0.2) is 65.3 Å². The molecule has 2 aromatic carbocycles. The Balaban J connectivity index is 1.31. The maximum Gasteiger partial charge on any atom is 0.231 e. The summed E-state index contributed by atoms with van der Waals surface area (Å²) in [6.45, 7) is 3.04. The monoisotopic (exact) mass is 489 g/mol. The van der Waals surface area contributed by atoms with E-state index in [1.54, 1.807) is 27.7 Å². The van der Waals surface area contributed by atoms with E-state index in [9.17, 15) is 0 Å². The Morgan fingerprint density at radius 3 is 2.36 bits per heavy atom. The second kappa shape index (κ2) is 10.7. The molecule has 5 rings (SSSR count). The molecule has 0 unspecified atom stereocenters. The van der Waals surface area contributed by atoms with Crippen molar-refractivity contribution in [3.63, 3.8) is 0 Å². The van der Waals surface area contributed by atoms with Crippen LogP contribution >= 0.6 is 0 Å². The molecule has 10 nitrogen and oxygen atoms in total. The highest BCUT2D eigenvalue weighted by Gasteiger charge is 2.22. The fourth-order valence-corrected chi connectivity index (χ4v) is 4.55. The third-order valence-corrected chi connectivity index (χ3v) is 6.38. The number of ether oxygens (including phenoxy) is 3. The van der Waals surface area contributed by atoms with Gasteiger partial charge in [0.05, 0.1) is 27.7 Å². The number of nitrogens with zero attached hydrogens (tertiary/aromatic N) is 4. The Morgan fingerprint density at radius 1 is 0.972 bits per heavy atom. The summed E-state index contributed by atoms with van der Waals surface area (Å²) in [5.74, 6) is 2.76. The van der Waals surface area contributed by atoms with E-state index in [4.69, 9.17) is 19.2 Å². The van der Waals surface area contributed by atoms with Gasteiger partial charge < -0.3 is 29.8 Å². The molecule has 188 valence electrons. The number of H-pyrrole nitrogens is 1. The normalized spacial score (nSPS) is 14.5. The highest BCUT2D eigenvalue weighted by Crippen LogP contribution is 2.40. The first-order valence-corrected chi connectivity index (χ1v) is 12.0. The van der Waals surface area contributed by atoms with E-state index < -0.39 is 0 Å². The van der Waals surface area contributed by atoms with Gasteiger partial charge in [-0.15, -0.1) is 0 Å². The van der Waals surface area contributed by atoms with Gasteiger partial charge in [-0.25, -0.2) is 4.98 Å². The number of methoxy groups -OCH3 is 3. The van der Waals surface area contributed by atoms with Crippen molar-refractivity contribution in [2.24, 2.45) is 0 Å². The molecule has 1 fully saturated rings. The van der Waals surface area contributed by atoms with Gasteiger partial charge in [0, 0.05) is 43.5 Å². The molecule has 4 aromatic rings. The van der Waals surface area contributed by atoms with Crippen LogP contribution in [-0.2, 0) is 6.54 Å². The van der Waals surface area contributed by atoms with Gasteiger partial charge in [0.25, 0.3) is 0 Å². The number of aromatic amines is 1. The maximum atomic E-state index is 5.47. The average Bonchev–Trinajstić information content (AvgIpc) is 3.39. The van der Waals surface area contributed by atoms with E-state index in [2.05, 4.69) is 60.8 Å². The number of imidazole rings is 1. The first-order valence-electron chi connectivity index (χ1n) is 12.0. The van der Waals surface area contributed by atoms with E-state index in [0.717, 1.165) is 43.8 Å². The molecule has 36 heavy (non-hydrogen) atoms. The Labute approximate surface area is 210 Å². The number of benzene rings is 2. The van der Waals surface area contributed by atoms with E-state index in [1.165, 1.54) is 5.56 Å². The molecular formula is C26H31N7O3. The summed E-state index contributed by atoms with van der Waals surface area (Å²) in [6, 6.07) is 14.6. The van der Waals surface area contributed by atoms with Crippen LogP contribution in [0.4, 0.5) is 17.5 Å². The van der Waals surface area contributed by atoms with E-state index in [1.807, 2.05) is 12.1 Å². The predicted molar refractivity (Wildman–Crippen MR) is 139 cm³/mol. The van der Waals surface area contributed by atoms with Crippen LogP contribution in [0.2, 0.25) is 0 Å². The number of nitrogens with one attached hydrogen (secondary N) is 3. The Bertz CT molecular complexity index is 1280. The molecule has 2 aromatic heterocycles. The lowest BCUT2D eigenvalue weighted by Crippen LogP contribution is -2.38. The lowest BCUT2D eigenvalue weighted by atomic mass is 10.0. The molecule has 0 bridgehead atoms. The number of anilines is 3. The predicted octanol–water partition coefficient (Wildman–Crippen LogP) is 4.20. The zero-order chi connectivity index (χ0) is 24.9. The number of aromatic nitrogens is 4. The average molecular weight is 490 g/mol. The van der Waals surface area contributed by atoms with Gasteiger partial charge in [0.1, 0.15) is 5.52 Å². The van der Waals surface area contributed by atoms with Crippen LogP contribution in [0.5, 0.6) is 17.2 Å². The fourth-order valence-electron chi connectivity index (χ4n) is 4.55. The van der Waals surface area contributed by atoms with E-state index in [-0.39, 0.29) is 0 Å². The summed E-state index contributed by atoms with van der Waals surface area (Å²) in [7, 11) is 4.74. The Hall–Kier alpha value is -4.05. The van der Waals surface area contributed by atoms with Crippen molar-refractivity contribution in [1.29, 1.82) is 0 Å². The van der Waals surface area contributed by atoms with Crippen molar-refractivity contribution in [2.75, 3.05) is 45.1 Å². The second-order valence-electron chi connectivity index (χ2n) is 8.72. The van der Waals surface area contributed by atoms with E-state index >= 15 is 0 Å². The van der Waals surface area contributed by atoms with E-state index in [0.29, 0.717) is 40.6 Å². The summed E-state index contributed by atoms with van der Waals surface area (Å²) >= 11 is 0. The standard InChI is InChI=1S/C26H31N7O3/c1-34-20-13-19(14-21(35-2)23(20)36-3)30-26-31-24-22(27-16-28-24)25(32-26)29-18-9-11-33(12-10-18)15-17-7-5-4-6-8-17/h4-8,13-14,16,18H,9-12,15H2,1-3H3,(H3,27,28,29,30,31,32). The third kappa shape index (κ3) is 5.13. The molecule has 1 aliphatic rings. The number of rotatable bonds is 9. The minimum Gasteiger partial charge on any atom is -0.493 e. The molecule has 1 aliphatic heterocycles. The lowest BCUT2D eigenvalue weighted by molar-refractivity contribution is 0.211. The maximum absolute atomic E-state index is 5.47. The highest BCUT2D eigenvalue weighted by atomic mass is 16.5. The minimum absolute atomic E-state index is 0.312. The number of hydrogen-bond donors (Lipinski definition) is 3. The smallest absolute Gasteiger partial charge is 0.231 e. The molecule has 10 heteroatoms. The fraction of sp³-hybridized carbons (Fsp3) is 0.346. The van der Waals surface area contributed by atoms with Crippen LogP contribution in [0, 0.1) is 0 Å². The topological polar surface area (TPSA) is 109 Å². The first kappa shape index (κ1) is 23.7. The number of likely N-dealkylation sites (tertiary alicyclic amines) is 1. The molecule has 0 atom stereocenters. The highest BCUT2D eigenvalue weighted by molar-refractivity contribution is 5.84. The molecule has 0 aliphatic carbocycles. The molecule has 3 N–H and O–H groups in total. The largest absolute Gasteiger partial charge is 0.493 e. The number of hydrogen-bond acceptors (Lipinski definition) is 9.